The molecule has 2 unspecified atom stereocenters. The van der Waals surface area contributed by atoms with E-state index in [1.54, 1.807) is 0 Å². The highest BCUT2D eigenvalue weighted by Crippen LogP contribution is 2.37. The molecule has 0 saturated carbocycles. The molecule has 0 aliphatic carbocycles. The Morgan fingerprint density at radius 1 is 1.08 bits per heavy atom. The number of alkyl halides is 2. The van der Waals surface area contributed by atoms with Gasteiger partial charge in [-0.25, -0.2) is 17.6 Å². The number of carbonyl (C=O) groups excluding carboxylic acids is 3. The van der Waals surface area contributed by atoms with Crippen LogP contribution in [-0.2, 0) is 9.59 Å². The van der Waals surface area contributed by atoms with E-state index in [9.17, 15) is 27.6 Å². The van der Waals surface area contributed by atoms with Crippen molar-refractivity contribution in [3.8, 4) is 11.1 Å². The third-order valence-electron chi connectivity index (χ3n) is 7.70. The molecule has 2 aromatic carbocycles. The second-order valence-corrected chi connectivity index (χ2v) is 10.3. The molecule has 0 spiro atoms. The number of nitrogens with one attached hydrogen (secondary N) is 2. The van der Waals surface area contributed by atoms with Crippen LogP contribution in [0.3, 0.4) is 0 Å². The Morgan fingerprint density at radius 2 is 1.74 bits per heavy atom. The van der Waals surface area contributed by atoms with E-state index in [1.165, 1.54) is 18.2 Å². The van der Waals surface area contributed by atoms with Gasteiger partial charge in [-0.05, 0) is 50.7 Å². The van der Waals surface area contributed by atoms with Gasteiger partial charge < -0.3 is 21.3 Å². The molecule has 2 saturated heterocycles. The van der Waals surface area contributed by atoms with E-state index < -0.39 is 59.6 Å². The van der Waals surface area contributed by atoms with E-state index in [4.69, 9.17) is 5.73 Å². The first-order valence-electron chi connectivity index (χ1n) is 12.6. The van der Waals surface area contributed by atoms with E-state index in [-0.39, 0.29) is 35.4 Å². The summed E-state index contributed by atoms with van der Waals surface area (Å²) in [5.41, 5.74) is 5.43. The average molecular weight is 550 g/mol. The van der Waals surface area contributed by atoms with Crippen molar-refractivity contribution in [1.82, 2.24) is 10.2 Å². The fourth-order valence-corrected chi connectivity index (χ4v) is 5.21. The Labute approximate surface area is 223 Å². The zero-order valence-electron chi connectivity index (χ0n) is 21.8. The van der Waals surface area contributed by atoms with Crippen molar-refractivity contribution in [1.29, 1.82) is 0 Å². The summed E-state index contributed by atoms with van der Waals surface area (Å²) in [6.07, 6.45) is -3.38. The highest BCUT2D eigenvalue weighted by Gasteiger charge is 2.40. The van der Waals surface area contributed by atoms with Gasteiger partial charge in [-0.3, -0.25) is 19.3 Å². The predicted molar refractivity (Wildman–Crippen MR) is 138 cm³/mol. The molecule has 2 aromatic rings. The van der Waals surface area contributed by atoms with Crippen LogP contribution in [0.15, 0.2) is 30.3 Å². The highest BCUT2D eigenvalue weighted by molar-refractivity contribution is 5.99. The maximum atomic E-state index is 15.6. The maximum absolute atomic E-state index is 15.6. The third-order valence-corrected chi connectivity index (χ3v) is 7.70. The highest BCUT2D eigenvalue weighted by atomic mass is 19.3. The molecule has 210 valence electrons. The molecule has 4 rings (SSSR count). The standard InChI is InChI=1S/C27H31F4N5O3/c1-13-11-36(12-14(2)35(13)3)23-9-21(29)16(15-4-5-20(28)18(6-15)26(32)38)7-22(23)34-27(39)19-10-33-24(37)8-17(19)25(30)31/h4-7,9,13-14,17,19,25H,8,10-12H2,1-3H3,(H2,32,38)(H,33,37)(H,34,39)/t13-,14+,17?,19?. The third kappa shape index (κ3) is 5.85. The summed E-state index contributed by atoms with van der Waals surface area (Å²) < 4.78 is 57.1. The second-order valence-electron chi connectivity index (χ2n) is 10.3. The van der Waals surface area contributed by atoms with Gasteiger partial charge >= 0.3 is 0 Å². The molecule has 0 radical (unpaired) electrons. The normalized spacial score (nSPS) is 24.0. The van der Waals surface area contributed by atoms with Crippen LogP contribution >= 0.6 is 0 Å². The summed E-state index contributed by atoms with van der Waals surface area (Å²) in [6.45, 7) is 4.76. The first-order valence-corrected chi connectivity index (χ1v) is 12.6. The Hall–Kier alpha value is -3.67. The summed E-state index contributed by atoms with van der Waals surface area (Å²) in [6, 6.07) is 6.13. The molecule has 0 aromatic heterocycles. The molecule has 39 heavy (non-hydrogen) atoms. The van der Waals surface area contributed by atoms with E-state index in [2.05, 4.69) is 15.5 Å². The molecule has 2 aliphatic rings. The number of piperazine rings is 1. The number of nitrogens with zero attached hydrogens (tertiary/aromatic N) is 2. The summed E-state index contributed by atoms with van der Waals surface area (Å²) in [7, 11) is 1.98. The Balaban J connectivity index is 1.77. The molecule has 0 bridgehead atoms. The number of likely N-dealkylation sites (N-methyl/N-ethyl adjacent to an activating group) is 1. The molecule has 2 aliphatic heterocycles. The summed E-state index contributed by atoms with van der Waals surface area (Å²) in [5.74, 6) is -6.57. The number of anilines is 2. The summed E-state index contributed by atoms with van der Waals surface area (Å²) in [5, 5.41) is 5.15. The number of rotatable bonds is 6. The number of amides is 3. The van der Waals surface area contributed by atoms with Crippen LogP contribution in [-0.4, -0.2) is 67.8 Å². The van der Waals surface area contributed by atoms with Gasteiger partial charge in [-0.1, -0.05) is 6.07 Å². The lowest BCUT2D eigenvalue weighted by molar-refractivity contribution is -0.133. The van der Waals surface area contributed by atoms with E-state index in [0.717, 1.165) is 12.1 Å². The van der Waals surface area contributed by atoms with Gasteiger partial charge in [-0.2, -0.15) is 0 Å². The van der Waals surface area contributed by atoms with Gasteiger partial charge in [0.05, 0.1) is 22.9 Å². The monoisotopic (exact) mass is 549 g/mol. The second kappa shape index (κ2) is 11.2. The van der Waals surface area contributed by atoms with Crippen molar-refractivity contribution in [3.63, 3.8) is 0 Å². The minimum Gasteiger partial charge on any atom is -0.367 e. The van der Waals surface area contributed by atoms with Gasteiger partial charge in [0, 0.05) is 49.6 Å². The van der Waals surface area contributed by atoms with E-state index >= 15 is 4.39 Å². The van der Waals surface area contributed by atoms with Gasteiger partial charge in [0.2, 0.25) is 18.2 Å². The number of nitrogens with two attached hydrogens (primary N) is 1. The number of carbonyl (C=O) groups is 3. The molecular weight excluding hydrogens is 518 g/mol. The molecule has 12 heteroatoms. The minimum atomic E-state index is -2.89. The van der Waals surface area contributed by atoms with Gasteiger partial charge in [0.1, 0.15) is 11.6 Å². The molecule has 3 amide bonds. The van der Waals surface area contributed by atoms with Crippen LogP contribution in [0.1, 0.15) is 30.6 Å². The van der Waals surface area contributed by atoms with Crippen molar-refractivity contribution < 1.29 is 31.9 Å². The minimum absolute atomic E-state index is 0.0471. The van der Waals surface area contributed by atoms with Gasteiger partial charge in [0.15, 0.2) is 0 Å². The lowest BCUT2D eigenvalue weighted by Gasteiger charge is -2.44. The fourth-order valence-electron chi connectivity index (χ4n) is 5.21. The van der Waals surface area contributed by atoms with Crippen LogP contribution in [0.5, 0.6) is 0 Å². The van der Waals surface area contributed by atoms with Crippen molar-refractivity contribution in [2.45, 2.75) is 38.8 Å². The molecule has 4 N–H and O–H groups in total. The number of halogens is 4. The molecule has 2 heterocycles. The van der Waals surface area contributed by atoms with Crippen molar-refractivity contribution >= 4 is 29.1 Å². The quantitative estimate of drug-likeness (QED) is 0.480. The smallest absolute Gasteiger partial charge is 0.251 e. The van der Waals surface area contributed by atoms with Crippen LogP contribution in [0.4, 0.5) is 28.9 Å². The Kier molecular flexibility index (Phi) is 8.15. The van der Waals surface area contributed by atoms with E-state index in [1.807, 2.05) is 25.8 Å². The summed E-state index contributed by atoms with van der Waals surface area (Å²) in [4.78, 5) is 40.7. The first-order chi connectivity index (χ1) is 18.4. The number of benzene rings is 2. The Morgan fingerprint density at radius 3 is 2.36 bits per heavy atom. The van der Waals surface area contributed by atoms with Crippen LogP contribution in [0.2, 0.25) is 0 Å². The largest absolute Gasteiger partial charge is 0.367 e. The summed E-state index contributed by atoms with van der Waals surface area (Å²) >= 11 is 0. The molecule has 2 fully saturated rings. The Bertz CT molecular complexity index is 1280. The van der Waals surface area contributed by atoms with Crippen molar-refractivity contribution in [2.75, 3.05) is 36.9 Å². The fraction of sp³-hybridized carbons (Fsp3) is 0.444. The van der Waals surface area contributed by atoms with Gasteiger partial charge in [0.25, 0.3) is 5.91 Å². The number of hydrogen-bond acceptors (Lipinski definition) is 5. The zero-order valence-corrected chi connectivity index (χ0v) is 21.8. The maximum Gasteiger partial charge on any atom is 0.251 e. The number of hydrogen-bond donors (Lipinski definition) is 3. The SMILES string of the molecule is C[C@@H]1CN(c2cc(F)c(-c3ccc(F)c(C(N)=O)c3)cc2NC(=O)C2CNC(=O)CC2C(F)F)C[C@H](C)N1C. The average Bonchev–Trinajstić information content (AvgIpc) is 2.87. The predicted octanol–water partition coefficient (Wildman–Crippen LogP) is 3.22. The van der Waals surface area contributed by atoms with Crippen molar-refractivity contribution in [3.05, 3.63) is 47.5 Å². The van der Waals surface area contributed by atoms with Crippen LogP contribution < -0.4 is 21.3 Å². The number of piperidine rings is 1. The molecular formula is C27H31F4N5O3. The van der Waals surface area contributed by atoms with Crippen molar-refractivity contribution in [2.24, 2.45) is 17.6 Å². The van der Waals surface area contributed by atoms with Gasteiger partial charge in [-0.15, -0.1) is 0 Å². The van der Waals surface area contributed by atoms with Crippen LogP contribution in [0.25, 0.3) is 11.1 Å². The molecule has 8 nitrogen and oxygen atoms in total. The first kappa shape index (κ1) is 28.3. The zero-order chi connectivity index (χ0) is 28.6. The molecule has 4 atom stereocenters. The topological polar surface area (TPSA) is 108 Å². The number of primary amides is 1. The lowest BCUT2D eigenvalue weighted by atomic mass is 9.85. The lowest BCUT2D eigenvalue weighted by Crippen LogP contribution is -2.55. The van der Waals surface area contributed by atoms with Crippen LogP contribution in [0, 0.1) is 23.5 Å². The van der Waals surface area contributed by atoms with E-state index in [0.29, 0.717) is 18.8 Å².